The molecule has 3 N–H and O–H groups in total. The molecule has 1 heterocycles. The van der Waals surface area contributed by atoms with Crippen molar-refractivity contribution in [1.29, 1.82) is 0 Å². The first-order valence-electron chi connectivity index (χ1n) is 3.88. The molecule has 0 fully saturated rings. The van der Waals surface area contributed by atoms with Crippen molar-refractivity contribution < 1.29 is 23.1 Å². The molecule has 0 aliphatic rings. The molecule has 0 saturated heterocycles. The van der Waals surface area contributed by atoms with Gasteiger partial charge in [-0.15, -0.1) is 0 Å². The van der Waals surface area contributed by atoms with Gasteiger partial charge in [0, 0.05) is 6.54 Å². The van der Waals surface area contributed by atoms with Gasteiger partial charge in [-0.3, -0.25) is 0 Å². The molecule has 0 unspecified atom stereocenters. The monoisotopic (exact) mass is 220 g/mol. The fourth-order valence-electron chi connectivity index (χ4n) is 1.02. The quantitative estimate of drug-likeness (QED) is 0.805. The topological polar surface area (TPSA) is 76.2 Å². The SMILES string of the molecule is NCc1nc(C(F)F)c(C(=O)O)cc1F. The fraction of sp³-hybridized carbons (Fsp3) is 0.250. The van der Waals surface area contributed by atoms with E-state index in [-0.39, 0.29) is 12.2 Å². The van der Waals surface area contributed by atoms with Crippen molar-refractivity contribution in [3.63, 3.8) is 0 Å². The third-order valence-electron chi connectivity index (χ3n) is 1.71. The molecule has 0 amide bonds. The van der Waals surface area contributed by atoms with Gasteiger partial charge in [0.1, 0.15) is 11.5 Å². The van der Waals surface area contributed by atoms with Crippen LogP contribution in [0.25, 0.3) is 0 Å². The van der Waals surface area contributed by atoms with Gasteiger partial charge in [0.05, 0.1) is 11.3 Å². The van der Waals surface area contributed by atoms with E-state index < -0.39 is 29.5 Å². The van der Waals surface area contributed by atoms with Crippen molar-refractivity contribution in [3.8, 4) is 0 Å². The highest BCUT2D eigenvalue weighted by Crippen LogP contribution is 2.22. The Kier molecular flexibility index (Phi) is 3.25. The zero-order valence-electron chi connectivity index (χ0n) is 7.38. The largest absolute Gasteiger partial charge is 0.478 e. The number of hydrogen-bond acceptors (Lipinski definition) is 3. The van der Waals surface area contributed by atoms with E-state index in [1.165, 1.54) is 0 Å². The number of rotatable bonds is 3. The highest BCUT2D eigenvalue weighted by atomic mass is 19.3. The smallest absolute Gasteiger partial charge is 0.337 e. The third kappa shape index (κ3) is 2.24. The number of nitrogens with two attached hydrogens (primary N) is 1. The van der Waals surface area contributed by atoms with Gasteiger partial charge >= 0.3 is 5.97 Å². The summed E-state index contributed by atoms with van der Waals surface area (Å²) in [6, 6.07) is 0.499. The number of carboxylic acid groups (broad SMARTS) is 1. The normalized spacial score (nSPS) is 10.7. The Morgan fingerprint density at radius 3 is 2.60 bits per heavy atom. The van der Waals surface area contributed by atoms with E-state index in [9.17, 15) is 18.0 Å². The number of carbonyl (C=O) groups is 1. The van der Waals surface area contributed by atoms with Crippen LogP contribution in [-0.2, 0) is 6.54 Å². The number of halogens is 3. The van der Waals surface area contributed by atoms with Crippen LogP contribution in [0.15, 0.2) is 6.07 Å². The van der Waals surface area contributed by atoms with Crippen molar-refractivity contribution in [2.24, 2.45) is 5.73 Å². The number of carboxylic acids is 1. The highest BCUT2D eigenvalue weighted by Gasteiger charge is 2.22. The second kappa shape index (κ2) is 4.26. The van der Waals surface area contributed by atoms with Gasteiger partial charge in [-0.1, -0.05) is 0 Å². The van der Waals surface area contributed by atoms with Crippen molar-refractivity contribution in [2.45, 2.75) is 13.0 Å². The third-order valence-corrected chi connectivity index (χ3v) is 1.71. The van der Waals surface area contributed by atoms with Crippen molar-refractivity contribution in [2.75, 3.05) is 0 Å². The molecule has 0 aliphatic heterocycles. The molecule has 0 saturated carbocycles. The fourth-order valence-corrected chi connectivity index (χ4v) is 1.02. The molecule has 82 valence electrons. The molecule has 4 nitrogen and oxygen atoms in total. The molecule has 1 aromatic heterocycles. The number of alkyl halides is 2. The van der Waals surface area contributed by atoms with Gasteiger partial charge < -0.3 is 10.8 Å². The predicted octanol–water partition coefficient (Wildman–Crippen LogP) is 1.32. The molecule has 0 bridgehead atoms. The van der Waals surface area contributed by atoms with Crippen molar-refractivity contribution in [3.05, 3.63) is 28.8 Å². The Labute approximate surface area is 82.5 Å². The van der Waals surface area contributed by atoms with Gasteiger partial charge in [-0.25, -0.2) is 22.9 Å². The Hall–Kier alpha value is -1.63. The van der Waals surface area contributed by atoms with Crippen LogP contribution in [0.4, 0.5) is 13.2 Å². The minimum Gasteiger partial charge on any atom is -0.478 e. The zero-order valence-corrected chi connectivity index (χ0v) is 7.38. The van der Waals surface area contributed by atoms with Crippen LogP contribution >= 0.6 is 0 Å². The molecule has 0 aromatic carbocycles. The molecule has 0 aliphatic carbocycles. The van der Waals surface area contributed by atoms with E-state index in [4.69, 9.17) is 10.8 Å². The average Bonchev–Trinajstić information content (AvgIpc) is 2.16. The highest BCUT2D eigenvalue weighted by molar-refractivity contribution is 5.89. The maximum absolute atomic E-state index is 13.0. The molecular weight excluding hydrogens is 213 g/mol. The summed E-state index contributed by atoms with van der Waals surface area (Å²) in [4.78, 5) is 13.7. The number of hydrogen-bond donors (Lipinski definition) is 2. The number of nitrogens with zero attached hydrogens (tertiary/aromatic N) is 1. The van der Waals surface area contributed by atoms with E-state index in [2.05, 4.69) is 4.98 Å². The second-order valence-corrected chi connectivity index (χ2v) is 2.66. The summed E-state index contributed by atoms with van der Waals surface area (Å²) in [6.07, 6.45) is -3.08. The maximum atomic E-state index is 13.0. The summed E-state index contributed by atoms with van der Waals surface area (Å²) in [5, 5.41) is 8.53. The lowest BCUT2D eigenvalue weighted by Crippen LogP contribution is -2.12. The van der Waals surface area contributed by atoms with E-state index >= 15 is 0 Å². The van der Waals surface area contributed by atoms with Gasteiger partial charge in [0.25, 0.3) is 6.43 Å². The number of aromatic nitrogens is 1. The summed E-state index contributed by atoms with van der Waals surface area (Å²) in [6.45, 7) is -0.370. The van der Waals surface area contributed by atoms with Crippen LogP contribution in [0.5, 0.6) is 0 Å². The Balaban J connectivity index is 3.38. The lowest BCUT2D eigenvalue weighted by molar-refractivity contribution is 0.0681. The van der Waals surface area contributed by atoms with Gasteiger partial charge in [0.15, 0.2) is 0 Å². The van der Waals surface area contributed by atoms with Gasteiger partial charge in [-0.2, -0.15) is 0 Å². The summed E-state index contributed by atoms with van der Waals surface area (Å²) >= 11 is 0. The zero-order chi connectivity index (χ0) is 11.6. The van der Waals surface area contributed by atoms with Gasteiger partial charge in [-0.05, 0) is 6.07 Å². The Morgan fingerprint density at radius 2 is 2.20 bits per heavy atom. The molecule has 0 spiro atoms. The summed E-state index contributed by atoms with van der Waals surface area (Å²) < 4.78 is 37.7. The lowest BCUT2D eigenvalue weighted by atomic mass is 10.1. The lowest BCUT2D eigenvalue weighted by Gasteiger charge is -2.07. The minimum absolute atomic E-state index is 0.370. The van der Waals surface area contributed by atoms with Crippen LogP contribution in [0.2, 0.25) is 0 Å². The molecule has 0 atom stereocenters. The second-order valence-electron chi connectivity index (χ2n) is 2.66. The first-order valence-corrected chi connectivity index (χ1v) is 3.88. The van der Waals surface area contributed by atoms with E-state index in [0.29, 0.717) is 6.07 Å². The molecule has 1 aromatic rings. The molecule has 15 heavy (non-hydrogen) atoms. The van der Waals surface area contributed by atoms with Crippen LogP contribution in [0.1, 0.15) is 28.2 Å². The summed E-state index contributed by atoms with van der Waals surface area (Å²) in [5.41, 5.74) is 2.86. The first-order chi connectivity index (χ1) is 6.97. The van der Waals surface area contributed by atoms with E-state index in [1.807, 2.05) is 0 Å². The summed E-state index contributed by atoms with van der Waals surface area (Å²) in [5.74, 6) is -2.65. The summed E-state index contributed by atoms with van der Waals surface area (Å²) in [7, 11) is 0. The number of pyridine rings is 1. The van der Waals surface area contributed by atoms with E-state index in [1.54, 1.807) is 0 Å². The van der Waals surface area contributed by atoms with Crippen LogP contribution in [0, 0.1) is 5.82 Å². The Bertz CT molecular complexity index is 396. The molecule has 7 heteroatoms. The van der Waals surface area contributed by atoms with Crippen LogP contribution in [-0.4, -0.2) is 16.1 Å². The predicted molar refractivity (Wildman–Crippen MR) is 44.0 cm³/mol. The molecule has 0 radical (unpaired) electrons. The van der Waals surface area contributed by atoms with Crippen molar-refractivity contribution in [1.82, 2.24) is 4.98 Å². The maximum Gasteiger partial charge on any atom is 0.337 e. The van der Waals surface area contributed by atoms with Crippen LogP contribution in [0.3, 0.4) is 0 Å². The van der Waals surface area contributed by atoms with Gasteiger partial charge in [0.2, 0.25) is 0 Å². The van der Waals surface area contributed by atoms with Crippen molar-refractivity contribution >= 4 is 5.97 Å². The van der Waals surface area contributed by atoms with E-state index in [0.717, 1.165) is 0 Å². The average molecular weight is 220 g/mol. The molecular formula is C8H7F3N2O2. The Morgan fingerprint density at radius 1 is 1.60 bits per heavy atom. The number of aromatic carboxylic acids is 1. The first kappa shape index (κ1) is 11.4. The standard InChI is InChI=1S/C8H7F3N2O2/c9-4-1-3(8(14)15)6(7(10)11)13-5(4)2-12/h1,7H,2,12H2,(H,14,15). The van der Waals surface area contributed by atoms with Crippen LogP contribution < -0.4 is 5.73 Å². The molecule has 1 rings (SSSR count). The minimum atomic E-state index is -3.08.